The van der Waals surface area contributed by atoms with E-state index in [-0.39, 0.29) is 6.67 Å². The van der Waals surface area contributed by atoms with Crippen LogP contribution in [-0.2, 0) is 28.7 Å². The van der Waals surface area contributed by atoms with Crippen LogP contribution in [0.25, 0.3) is 0 Å². The Morgan fingerprint density at radius 3 is 1.32 bits per heavy atom. The molecule has 8 heteroatoms. The van der Waals surface area contributed by atoms with Gasteiger partial charge in [0.15, 0.2) is 0 Å². The van der Waals surface area contributed by atoms with Crippen molar-refractivity contribution in [3.8, 4) is 0 Å². The van der Waals surface area contributed by atoms with Crippen LogP contribution in [-0.4, -0.2) is 52.7 Å². The number of rotatable bonds is 2. The fraction of sp³-hybridized carbons (Fsp3) is 0.636. The molecule has 2 atom stereocenters. The Morgan fingerprint density at radius 2 is 1.11 bits per heavy atom. The monoisotopic (exact) mass is 272 g/mol. The Kier molecular flexibility index (Phi) is 4.47. The lowest BCUT2D eigenvalue weighted by Gasteiger charge is -2.25. The van der Waals surface area contributed by atoms with Gasteiger partial charge in [-0.3, -0.25) is 29.0 Å². The van der Waals surface area contributed by atoms with E-state index in [1.165, 1.54) is 27.7 Å². The van der Waals surface area contributed by atoms with Crippen molar-refractivity contribution >= 4 is 23.8 Å². The molecule has 1 saturated heterocycles. The van der Waals surface area contributed by atoms with Gasteiger partial charge < -0.3 is 9.47 Å². The van der Waals surface area contributed by atoms with Gasteiger partial charge in [-0.15, -0.1) is 0 Å². The molecule has 0 aromatic heterocycles. The van der Waals surface area contributed by atoms with Crippen LogP contribution in [0.1, 0.15) is 27.7 Å². The first-order valence-corrected chi connectivity index (χ1v) is 5.63. The van der Waals surface area contributed by atoms with Gasteiger partial charge in [-0.1, -0.05) is 0 Å². The lowest BCUT2D eigenvalue weighted by atomic mass is 10.4. The normalized spacial score (nSPS) is 22.1. The molecule has 1 aliphatic heterocycles. The minimum Gasteiger partial charge on any atom is -0.435 e. The Morgan fingerprint density at radius 1 is 0.789 bits per heavy atom. The number of hydrogen-bond acceptors (Lipinski definition) is 6. The minimum atomic E-state index is -1.12. The summed E-state index contributed by atoms with van der Waals surface area (Å²) in [6, 6.07) is 0. The zero-order valence-corrected chi connectivity index (χ0v) is 11.2. The zero-order chi connectivity index (χ0) is 14.7. The lowest BCUT2D eigenvalue weighted by Crippen LogP contribution is -2.45. The highest BCUT2D eigenvalue weighted by Gasteiger charge is 2.47. The number of esters is 2. The Balaban J connectivity index is 3.06. The summed E-state index contributed by atoms with van der Waals surface area (Å²) in [5.41, 5.74) is 0. The zero-order valence-electron chi connectivity index (χ0n) is 11.2. The molecule has 1 aliphatic rings. The van der Waals surface area contributed by atoms with Gasteiger partial charge in [0.2, 0.25) is 24.3 Å². The van der Waals surface area contributed by atoms with Crippen LogP contribution in [0, 0.1) is 0 Å². The van der Waals surface area contributed by atoms with E-state index in [1.807, 2.05) is 0 Å². The van der Waals surface area contributed by atoms with E-state index >= 15 is 0 Å². The number of carbonyl (C=O) groups is 4. The molecule has 1 rings (SSSR count). The highest BCUT2D eigenvalue weighted by molar-refractivity contribution is 5.79. The smallest absolute Gasteiger partial charge is 0.304 e. The van der Waals surface area contributed by atoms with Crippen LogP contribution in [0.15, 0.2) is 0 Å². The quantitative estimate of drug-likeness (QED) is 0.625. The van der Waals surface area contributed by atoms with Crippen LogP contribution >= 0.6 is 0 Å². The fourth-order valence-corrected chi connectivity index (χ4v) is 1.77. The summed E-state index contributed by atoms with van der Waals surface area (Å²) < 4.78 is 9.95. The number of nitrogens with zero attached hydrogens (tertiary/aromatic N) is 2. The predicted octanol–water partition coefficient (Wildman–Crippen LogP) is -0.567. The molecule has 1 heterocycles. The second-order valence-corrected chi connectivity index (χ2v) is 4.12. The van der Waals surface area contributed by atoms with Crippen molar-refractivity contribution in [3.63, 3.8) is 0 Å². The molecule has 0 saturated carbocycles. The van der Waals surface area contributed by atoms with Crippen molar-refractivity contribution in [1.29, 1.82) is 0 Å². The molecule has 2 amide bonds. The van der Waals surface area contributed by atoms with Gasteiger partial charge in [-0.2, -0.15) is 0 Å². The number of amides is 2. The average molecular weight is 272 g/mol. The standard InChI is InChI=1S/C11H16N2O6/c1-6(14)12-5-13(7(2)15)11(19-9(4)17)10(12)18-8(3)16/h10-11H,5H2,1-4H3. The second-order valence-electron chi connectivity index (χ2n) is 4.12. The van der Waals surface area contributed by atoms with Crippen molar-refractivity contribution in [2.24, 2.45) is 0 Å². The van der Waals surface area contributed by atoms with Gasteiger partial charge in [0.1, 0.15) is 6.67 Å². The number of ether oxygens (including phenoxy) is 2. The number of hydrogen-bond donors (Lipinski definition) is 0. The van der Waals surface area contributed by atoms with E-state index in [0.29, 0.717) is 0 Å². The molecule has 1 fully saturated rings. The van der Waals surface area contributed by atoms with Gasteiger partial charge >= 0.3 is 11.9 Å². The van der Waals surface area contributed by atoms with E-state index < -0.39 is 36.2 Å². The molecule has 0 aliphatic carbocycles. The lowest BCUT2D eigenvalue weighted by molar-refractivity contribution is -0.183. The van der Waals surface area contributed by atoms with E-state index in [9.17, 15) is 19.2 Å². The van der Waals surface area contributed by atoms with Crippen molar-refractivity contribution < 1.29 is 28.7 Å². The fourth-order valence-electron chi connectivity index (χ4n) is 1.77. The summed E-state index contributed by atoms with van der Waals surface area (Å²) in [5.74, 6) is -2.07. The van der Waals surface area contributed by atoms with Gasteiger partial charge in [-0.05, 0) is 0 Å². The first kappa shape index (κ1) is 14.9. The van der Waals surface area contributed by atoms with Crippen LogP contribution in [0.2, 0.25) is 0 Å². The second kappa shape index (κ2) is 5.68. The molecule has 0 aromatic rings. The van der Waals surface area contributed by atoms with Gasteiger partial charge in [0.05, 0.1) is 0 Å². The van der Waals surface area contributed by atoms with Gasteiger partial charge in [0, 0.05) is 27.7 Å². The molecule has 2 unspecified atom stereocenters. The largest absolute Gasteiger partial charge is 0.435 e. The molecule has 19 heavy (non-hydrogen) atoms. The molecule has 0 N–H and O–H groups in total. The Bertz CT molecular complexity index is 383. The molecule has 0 radical (unpaired) electrons. The minimum absolute atomic E-state index is 0.0967. The maximum absolute atomic E-state index is 11.5. The van der Waals surface area contributed by atoms with Crippen molar-refractivity contribution in [1.82, 2.24) is 9.80 Å². The summed E-state index contributed by atoms with van der Waals surface area (Å²) in [6.07, 6.45) is -2.24. The van der Waals surface area contributed by atoms with Crippen LogP contribution in [0.4, 0.5) is 0 Å². The maximum Gasteiger partial charge on any atom is 0.304 e. The maximum atomic E-state index is 11.5. The van der Waals surface area contributed by atoms with E-state index in [4.69, 9.17) is 9.47 Å². The summed E-state index contributed by atoms with van der Waals surface area (Å²) in [6.45, 7) is 4.77. The molecule has 0 aromatic carbocycles. The topological polar surface area (TPSA) is 93.2 Å². The third-order valence-corrected chi connectivity index (χ3v) is 2.55. The van der Waals surface area contributed by atoms with E-state index in [2.05, 4.69) is 0 Å². The number of carbonyl (C=O) groups excluding carboxylic acids is 4. The van der Waals surface area contributed by atoms with E-state index in [0.717, 1.165) is 9.80 Å². The predicted molar refractivity (Wildman–Crippen MR) is 61.0 cm³/mol. The van der Waals surface area contributed by atoms with Crippen LogP contribution < -0.4 is 0 Å². The van der Waals surface area contributed by atoms with E-state index in [1.54, 1.807) is 0 Å². The van der Waals surface area contributed by atoms with Crippen LogP contribution in [0.5, 0.6) is 0 Å². The third-order valence-electron chi connectivity index (χ3n) is 2.55. The average Bonchev–Trinajstić information content (AvgIpc) is 2.56. The highest BCUT2D eigenvalue weighted by atomic mass is 16.6. The molecule has 8 nitrogen and oxygen atoms in total. The molecule has 0 bridgehead atoms. The summed E-state index contributed by atoms with van der Waals surface area (Å²) in [4.78, 5) is 47.4. The van der Waals surface area contributed by atoms with Crippen molar-refractivity contribution in [2.75, 3.05) is 6.67 Å². The first-order valence-electron chi connectivity index (χ1n) is 5.63. The van der Waals surface area contributed by atoms with Crippen molar-refractivity contribution in [3.05, 3.63) is 0 Å². The summed E-state index contributed by atoms with van der Waals surface area (Å²) in [5, 5.41) is 0. The summed E-state index contributed by atoms with van der Waals surface area (Å²) in [7, 11) is 0. The van der Waals surface area contributed by atoms with Crippen molar-refractivity contribution in [2.45, 2.75) is 40.2 Å². The van der Waals surface area contributed by atoms with Crippen LogP contribution in [0.3, 0.4) is 0 Å². The molecule has 0 spiro atoms. The first-order chi connectivity index (χ1) is 8.73. The highest BCUT2D eigenvalue weighted by Crippen LogP contribution is 2.23. The summed E-state index contributed by atoms with van der Waals surface area (Å²) >= 11 is 0. The van der Waals surface area contributed by atoms with Gasteiger partial charge in [0.25, 0.3) is 0 Å². The Labute approximate surface area is 110 Å². The molecular formula is C11H16N2O6. The molecule has 106 valence electrons. The van der Waals surface area contributed by atoms with Gasteiger partial charge in [-0.25, -0.2) is 0 Å². The third kappa shape index (κ3) is 3.43. The Hall–Kier alpha value is -2.12. The molecular weight excluding hydrogens is 256 g/mol. The SMILES string of the molecule is CC(=O)OC1C(OC(C)=O)N(C(C)=O)CN1C(C)=O.